The standard InChI is InChI=1S/C47H54P2/c1(2-4-6-26-40-48(42-28-14-8-15-29-42,43-30-16-9-17-31-43)44-32-18-10-19-33-44)3-5-7-27-41-49(45-34-20-11-21-35-45,46-36-22-12-23-37-46)47-38-24-13-25-39-47/h8-25,28-39,48-49H,1-7,26-27,40-41H2. The average Bonchev–Trinajstić information content (AvgIpc) is 3.19. The second-order valence-corrected chi connectivity index (χ2v) is 21.8. The SMILES string of the molecule is c1ccc([PH](CCCCCCCCCCC[PH](c2ccccc2)(c2ccccc2)c2ccccc2)(c2ccccc2)c2ccccc2)cc1. The van der Waals surface area contributed by atoms with Gasteiger partial charge in [0.1, 0.15) is 0 Å². The van der Waals surface area contributed by atoms with E-state index < -0.39 is 14.5 Å². The van der Waals surface area contributed by atoms with Crippen molar-refractivity contribution in [1.29, 1.82) is 0 Å². The number of rotatable bonds is 18. The summed E-state index contributed by atoms with van der Waals surface area (Å²) in [4.78, 5) is 0. The van der Waals surface area contributed by atoms with Crippen LogP contribution in [-0.2, 0) is 0 Å². The maximum absolute atomic E-state index is 2.39. The minimum absolute atomic E-state index is 1.26. The van der Waals surface area contributed by atoms with Crippen molar-refractivity contribution in [1.82, 2.24) is 0 Å². The topological polar surface area (TPSA) is 0 Å². The van der Waals surface area contributed by atoms with Gasteiger partial charge in [-0.1, -0.05) is 0 Å². The van der Waals surface area contributed by atoms with Crippen LogP contribution in [0.1, 0.15) is 57.8 Å². The van der Waals surface area contributed by atoms with Gasteiger partial charge < -0.3 is 0 Å². The van der Waals surface area contributed by atoms with Crippen LogP contribution >= 0.6 is 14.5 Å². The fourth-order valence-electron chi connectivity index (χ4n) is 8.22. The molecular formula is C47H54P2. The van der Waals surface area contributed by atoms with Gasteiger partial charge in [-0.15, -0.1) is 0 Å². The van der Waals surface area contributed by atoms with Crippen LogP contribution in [-0.4, -0.2) is 12.3 Å². The van der Waals surface area contributed by atoms with Crippen molar-refractivity contribution in [2.75, 3.05) is 12.3 Å². The summed E-state index contributed by atoms with van der Waals surface area (Å²) in [7, 11) is -4.20. The molecule has 49 heavy (non-hydrogen) atoms. The Hall–Kier alpha value is -3.82. The number of hydrogen-bond donors (Lipinski definition) is 0. The van der Waals surface area contributed by atoms with Gasteiger partial charge in [0.25, 0.3) is 0 Å². The summed E-state index contributed by atoms with van der Waals surface area (Å²) in [5.41, 5.74) is 0. The van der Waals surface area contributed by atoms with E-state index in [2.05, 4.69) is 182 Å². The summed E-state index contributed by atoms with van der Waals surface area (Å²) in [6.45, 7) is 0. The van der Waals surface area contributed by atoms with Crippen LogP contribution in [0.5, 0.6) is 0 Å². The number of hydrogen-bond acceptors (Lipinski definition) is 0. The summed E-state index contributed by atoms with van der Waals surface area (Å²) in [5.74, 6) is 0. The molecule has 0 saturated carbocycles. The molecule has 0 aromatic heterocycles. The van der Waals surface area contributed by atoms with Gasteiger partial charge in [0.05, 0.1) is 0 Å². The van der Waals surface area contributed by atoms with Crippen LogP contribution in [0.4, 0.5) is 0 Å². The van der Waals surface area contributed by atoms with Crippen LogP contribution in [0.25, 0.3) is 0 Å². The van der Waals surface area contributed by atoms with Gasteiger partial charge in [-0.2, -0.15) is 0 Å². The van der Waals surface area contributed by atoms with Crippen molar-refractivity contribution in [2.45, 2.75) is 57.8 Å². The molecule has 2 heteroatoms. The molecule has 0 unspecified atom stereocenters. The molecular weight excluding hydrogens is 626 g/mol. The zero-order chi connectivity index (χ0) is 33.5. The van der Waals surface area contributed by atoms with Crippen molar-refractivity contribution in [3.8, 4) is 0 Å². The van der Waals surface area contributed by atoms with E-state index >= 15 is 0 Å². The maximum atomic E-state index is 2.39. The first kappa shape index (κ1) is 35.0. The molecule has 0 amide bonds. The summed E-state index contributed by atoms with van der Waals surface area (Å²) in [6, 6.07) is 68.4. The first-order valence-electron chi connectivity index (χ1n) is 18.7. The molecule has 6 aromatic rings. The summed E-state index contributed by atoms with van der Waals surface area (Å²) >= 11 is 0. The number of unbranched alkanes of at least 4 members (excludes halogenated alkanes) is 8. The van der Waals surface area contributed by atoms with E-state index in [9.17, 15) is 0 Å². The van der Waals surface area contributed by atoms with Gasteiger partial charge in [0.2, 0.25) is 0 Å². The predicted octanol–water partition coefficient (Wildman–Crippen LogP) is 9.95. The van der Waals surface area contributed by atoms with E-state index in [1.165, 1.54) is 102 Å². The van der Waals surface area contributed by atoms with Gasteiger partial charge >= 0.3 is 298 Å². The predicted molar refractivity (Wildman–Crippen MR) is 224 cm³/mol. The van der Waals surface area contributed by atoms with Gasteiger partial charge in [-0.05, 0) is 0 Å². The normalized spacial score (nSPS) is 12.4. The van der Waals surface area contributed by atoms with E-state index in [0.29, 0.717) is 0 Å². The van der Waals surface area contributed by atoms with Crippen LogP contribution < -0.4 is 31.8 Å². The fourth-order valence-corrected chi connectivity index (χ4v) is 18.1. The Labute approximate surface area is 297 Å². The van der Waals surface area contributed by atoms with Gasteiger partial charge in [-0.3, -0.25) is 0 Å². The molecule has 0 fully saturated rings. The summed E-state index contributed by atoms with van der Waals surface area (Å²) < 4.78 is 0. The van der Waals surface area contributed by atoms with Crippen molar-refractivity contribution >= 4 is 46.4 Å². The molecule has 252 valence electrons. The molecule has 0 N–H and O–H groups in total. The molecule has 0 aliphatic rings. The first-order valence-corrected chi connectivity index (χ1v) is 23.1. The van der Waals surface area contributed by atoms with E-state index in [-0.39, 0.29) is 0 Å². The average molecular weight is 681 g/mol. The minimum atomic E-state index is -2.10. The Morgan fingerprint density at radius 1 is 0.204 bits per heavy atom. The number of benzene rings is 6. The van der Waals surface area contributed by atoms with Crippen LogP contribution in [0.3, 0.4) is 0 Å². The zero-order valence-corrected chi connectivity index (χ0v) is 31.1. The molecule has 0 nitrogen and oxygen atoms in total. The second-order valence-electron chi connectivity index (χ2n) is 13.7. The van der Waals surface area contributed by atoms with Crippen molar-refractivity contribution in [3.05, 3.63) is 182 Å². The molecule has 6 aromatic carbocycles. The molecule has 0 spiro atoms. The van der Waals surface area contributed by atoms with E-state index in [0.717, 1.165) is 0 Å². The molecule has 0 bridgehead atoms. The van der Waals surface area contributed by atoms with E-state index in [4.69, 9.17) is 0 Å². The van der Waals surface area contributed by atoms with Gasteiger partial charge in [-0.25, -0.2) is 0 Å². The molecule has 0 atom stereocenters. The summed E-state index contributed by atoms with van der Waals surface area (Å²) in [5, 5.41) is 9.20. The third kappa shape index (κ3) is 8.50. The third-order valence-corrected chi connectivity index (χ3v) is 20.8. The zero-order valence-electron chi connectivity index (χ0n) is 29.1. The molecule has 0 radical (unpaired) electrons. The van der Waals surface area contributed by atoms with Crippen molar-refractivity contribution < 1.29 is 0 Å². The molecule has 6 rings (SSSR count). The Morgan fingerprint density at radius 2 is 0.367 bits per heavy atom. The van der Waals surface area contributed by atoms with Crippen LogP contribution in [0.2, 0.25) is 0 Å². The Kier molecular flexibility index (Phi) is 13.0. The first-order chi connectivity index (χ1) is 24.3. The fraction of sp³-hybridized carbons (Fsp3) is 0.234. The van der Waals surface area contributed by atoms with Crippen LogP contribution in [0, 0.1) is 0 Å². The quantitative estimate of drug-likeness (QED) is 0.0626. The van der Waals surface area contributed by atoms with Gasteiger partial charge in [0.15, 0.2) is 0 Å². The molecule has 0 aliphatic carbocycles. The second kappa shape index (κ2) is 18.3. The Balaban J connectivity index is 1.02. The van der Waals surface area contributed by atoms with E-state index in [1.807, 2.05) is 0 Å². The molecule has 0 heterocycles. The van der Waals surface area contributed by atoms with Crippen molar-refractivity contribution in [2.24, 2.45) is 0 Å². The van der Waals surface area contributed by atoms with Crippen molar-refractivity contribution in [3.63, 3.8) is 0 Å². The van der Waals surface area contributed by atoms with Gasteiger partial charge in [0, 0.05) is 0 Å². The Bertz CT molecular complexity index is 1430. The Morgan fingerprint density at radius 3 is 0.551 bits per heavy atom. The monoisotopic (exact) mass is 680 g/mol. The van der Waals surface area contributed by atoms with E-state index in [1.54, 1.807) is 0 Å². The third-order valence-electron chi connectivity index (χ3n) is 10.7. The van der Waals surface area contributed by atoms with Crippen LogP contribution in [0.15, 0.2) is 182 Å². The summed E-state index contributed by atoms with van der Waals surface area (Å²) in [6.07, 6.45) is 14.5. The molecule has 0 aliphatic heterocycles. The molecule has 0 saturated heterocycles.